The lowest BCUT2D eigenvalue weighted by Crippen LogP contribution is -2.10. The summed E-state index contributed by atoms with van der Waals surface area (Å²) in [4.78, 5) is 13.3. The first-order valence-corrected chi connectivity index (χ1v) is 6.72. The van der Waals surface area contributed by atoms with Gasteiger partial charge in [0.2, 0.25) is 0 Å². The molecule has 15 heavy (non-hydrogen) atoms. The second-order valence-electron chi connectivity index (χ2n) is 4.08. The topological polar surface area (TPSA) is 17.1 Å². The zero-order valence-corrected chi connectivity index (χ0v) is 9.85. The van der Waals surface area contributed by atoms with Crippen LogP contribution in [0.1, 0.15) is 36.0 Å². The molecule has 0 bridgehead atoms. The molecule has 2 heteroatoms. The number of rotatable bonds is 3. The van der Waals surface area contributed by atoms with Crippen molar-refractivity contribution in [2.24, 2.45) is 5.92 Å². The van der Waals surface area contributed by atoms with Crippen molar-refractivity contribution >= 4 is 17.5 Å². The van der Waals surface area contributed by atoms with Crippen LogP contribution < -0.4 is 0 Å². The minimum atomic E-state index is 0.294. The smallest absolute Gasteiger partial charge is 0.165 e. The largest absolute Gasteiger partial charge is 0.294 e. The third-order valence-corrected chi connectivity index (χ3v) is 3.81. The average Bonchev–Trinajstić information content (AvgIpc) is 2.81. The summed E-state index contributed by atoms with van der Waals surface area (Å²) in [6.45, 7) is 0. The number of hydrogen-bond donors (Lipinski definition) is 0. The lowest BCUT2D eigenvalue weighted by Gasteiger charge is -2.08. The zero-order chi connectivity index (χ0) is 10.7. The van der Waals surface area contributed by atoms with Gasteiger partial charge < -0.3 is 0 Å². The van der Waals surface area contributed by atoms with Crippen molar-refractivity contribution < 1.29 is 4.79 Å². The number of thioether (sulfide) groups is 1. The molecular formula is C13H16OS. The van der Waals surface area contributed by atoms with Gasteiger partial charge in [-0.15, -0.1) is 11.8 Å². The molecule has 1 saturated carbocycles. The van der Waals surface area contributed by atoms with Gasteiger partial charge in [-0.05, 0) is 31.2 Å². The molecule has 0 saturated heterocycles. The number of benzene rings is 1. The molecule has 1 aromatic carbocycles. The molecule has 0 aliphatic heterocycles. The number of carbonyl (C=O) groups is 1. The summed E-state index contributed by atoms with van der Waals surface area (Å²) in [5.41, 5.74) is 0.897. The fraction of sp³-hybridized carbons (Fsp3) is 0.462. The standard InChI is InChI=1S/C13H16OS/c1-15-12-8-4-7-11(9-12)13(14)10-5-2-3-6-10/h4,7-10H,2-3,5-6H2,1H3. The highest BCUT2D eigenvalue weighted by atomic mass is 32.2. The van der Waals surface area contributed by atoms with Crippen molar-refractivity contribution in [1.82, 2.24) is 0 Å². The van der Waals surface area contributed by atoms with Crippen molar-refractivity contribution in [3.8, 4) is 0 Å². The van der Waals surface area contributed by atoms with Crippen LogP contribution in [-0.4, -0.2) is 12.0 Å². The molecule has 0 atom stereocenters. The van der Waals surface area contributed by atoms with Gasteiger partial charge in [-0.25, -0.2) is 0 Å². The van der Waals surface area contributed by atoms with E-state index < -0.39 is 0 Å². The van der Waals surface area contributed by atoms with Gasteiger partial charge in [0.05, 0.1) is 0 Å². The van der Waals surface area contributed by atoms with Gasteiger partial charge in [-0.2, -0.15) is 0 Å². The normalized spacial score (nSPS) is 16.9. The molecular weight excluding hydrogens is 204 g/mol. The minimum absolute atomic E-state index is 0.294. The van der Waals surface area contributed by atoms with Crippen molar-refractivity contribution in [2.45, 2.75) is 30.6 Å². The first-order valence-electron chi connectivity index (χ1n) is 5.49. The fourth-order valence-corrected chi connectivity index (χ4v) is 2.66. The van der Waals surface area contributed by atoms with E-state index in [1.807, 2.05) is 24.5 Å². The second-order valence-corrected chi connectivity index (χ2v) is 4.96. The monoisotopic (exact) mass is 220 g/mol. The molecule has 2 rings (SSSR count). The van der Waals surface area contributed by atoms with E-state index in [9.17, 15) is 4.79 Å². The van der Waals surface area contributed by atoms with Gasteiger partial charge >= 0.3 is 0 Å². The second kappa shape index (κ2) is 4.84. The van der Waals surface area contributed by atoms with Crippen LogP contribution in [-0.2, 0) is 0 Å². The van der Waals surface area contributed by atoms with E-state index in [0.29, 0.717) is 11.7 Å². The molecule has 0 amide bonds. The Morgan fingerprint density at radius 3 is 2.73 bits per heavy atom. The molecule has 0 unspecified atom stereocenters. The molecule has 1 fully saturated rings. The molecule has 0 spiro atoms. The van der Waals surface area contributed by atoms with Crippen LogP contribution in [0, 0.1) is 5.92 Å². The van der Waals surface area contributed by atoms with Gasteiger partial charge in [0.25, 0.3) is 0 Å². The summed E-state index contributed by atoms with van der Waals surface area (Å²) in [5, 5.41) is 0. The minimum Gasteiger partial charge on any atom is -0.294 e. The van der Waals surface area contributed by atoms with E-state index in [4.69, 9.17) is 0 Å². The van der Waals surface area contributed by atoms with Crippen LogP contribution in [0.25, 0.3) is 0 Å². The summed E-state index contributed by atoms with van der Waals surface area (Å²) in [6.07, 6.45) is 6.65. The highest BCUT2D eigenvalue weighted by Crippen LogP contribution is 2.28. The summed E-state index contributed by atoms with van der Waals surface area (Å²) in [6, 6.07) is 8.00. The Hall–Kier alpha value is -0.760. The Balaban J connectivity index is 2.17. The van der Waals surface area contributed by atoms with Gasteiger partial charge in [0.15, 0.2) is 5.78 Å². The summed E-state index contributed by atoms with van der Waals surface area (Å²) in [7, 11) is 0. The maximum Gasteiger partial charge on any atom is 0.165 e. The first kappa shape index (κ1) is 10.7. The van der Waals surface area contributed by atoms with Gasteiger partial charge in [-0.1, -0.05) is 25.0 Å². The van der Waals surface area contributed by atoms with Gasteiger partial charge in [0, 0.05) is 16.4 Å². The predicted molar refractivity (Wildman–Crippen MR) is 64.5 cm³/mol. The van der Waals surface area contributed by atoms with Crippen molar-refractivity contribution in [2.75, 3.05) is 6.26 Å². The third-order valence-electron chi connectivity index (χ3n) is 3.08. The molecule has 0 radical (unpaired) electrons. The van der Waals surface area contributed by atoms with E-state index in [1.54, 1.807) is 11.8 Å². The molecule has 80 valence electrons. The summed E-state index contributed by atoms with van der Waals surface area (Å²) in [5.74, 6) is 0.644. The number of hydrogen-bond acceptors (Lipinski definition) is 2. The van der Waals surface area contributed by atoms with E-state index in [1.165, 1.54) is 17.7 Å². The van der Waals surface area contributed by atoms with E-state index in [-0.39, 0.29) is 0 Å². The van der Waals surface area contributed by atoms with Crippen LogP contribution in [0.15, 0.2) is 29.2 Å². The summed E-state index contributed by atoms with van der Waals surface area (Å²) < 4.78 is 0. The molecule has 1 nitrogen and oxygen atoms in total. The first-order chi connectivity index (χ1) is 7.31. The Kier molecular flexibility index (Phi) is 3.47. The van der Waals surface area contributed by atoms with Crippen LogP contribution in [0.5, 0.6) is 0 Å². The van der Waals surface area contributed by atoms with Crippen LogP contribution in [0.2, 0.25) is 0 Å². The van der Waals surface area contributed by atoms with Crippen molar-refractivity contribution in [1.29, 1.82) is 0 Å². The van der Waals surface area contributed by atoms with E-state index in [2.05, 4.69) is 6.07 Å². The lowest BCUT2D eigenvalue weighted by molar-refractivity contribution is 0.0922. The van der Waals surface area contributed by atoms with Crippen LogP contribution >= 0.6 is 11.8 Å². The average molecular weight is 220 g/mol. The van der Waals surface area contributed by atoms with E-state index >= 15 is 0 Å². The van der Waals surface area contributed by atoms with Crippen molar-refractivity contribution in [3.05, 3.63) is 29.8 Å². The Bertz CT molecular complexity index is 353. The lowest BCUT2D eigenvalue weighted by atomic mass is 9.96. The highest BCUT2D eigenvalue weighted by molar-refractivity contribution is 7.98. The Morgan fingerprint density at radius 1 is 1.33 bits per heavy atom. The number of carbonyl (C=O) groups excluding carboxylic acids is 1. The fourth-order valence-electron chi connectivity index (χ4n) is 2.20. The maximum atomic E-state index is 12.1. The predicted octanol–water partition coefficient (Wildman–Crippen LogP) is 3.78. The Labute approximate surface area is 95.3 Å². The molecule has 1 aliphatic rings. The summed E-state index contributed by atoms with van der Waals surface area (Å²) >= 11 is 1.69. The van der Waals surface area contributed by atoms with Crippen LogP contribution in [0.3, 0.4) is 0 Å². The SMILES string of the molecule is CSc1cccc(C(=O)C2CCCC2)c1. The number of Topliss-reactive ketones (excluding diaryl/α,β-unsaturated/α-hetero) is 1. The maximum absolute atomic E-state index is 12.1. The molecule has 0 heterocycles. The van der Waals surface area contributed by atoms with E-state index in [0.717, 1.165) is 18.4 Å². The molecule has 0 N–H and O–H groups in total. The highest BCUT2D eigenvalue weighted by Gasteiger charge is 2.23. The molecule has 1 aromatic rings. The Morgan fingerprint density at radius 2 is 2.07 bits per heavy atom. The molecule has 1 aliphatic carbocycles. The van der Waals surface area contributed by atoms with Crippen LogP contribution in [0.4, 0.5) is 0 Å². The zero-order valence-electron chi connectivity index (χ0n) is 9.03. The number of ketones is 1. The van der Waals surface area contributed by atoms with Gasteiger partial charge in [-0.3, -0.25) is 4.79 Å². The van der Waals surface area contributed by atoms with Gasteiger partial charge in [0.1, 0.15) is 0 Å². The van der Waals surface area contributed by atoms with Crippen molar-refractivity contribution in [3.63, 3.8) is 0 Å². The molecule has 0 aromatic heterocycles. The quantitative estimate of drug-likeness (QED) is 0.569. The third kappa shape index (κ3) is 2.43.